The SMILES string of the molecule is [2H]c1c([2H])c([2H])c(-c2c([2H])c([2H])c([2H])c3c2oc2c([2H])c(-n4c5c([2H])c([2H])c([2H])c([2H])c5c5c([2H])c(-c6c([2H])c([2H])c7c(c6[2H])c6c([2H])c([2H])c([2H])c([2H])c6n7-c6c([2H])c([2H])c([2H])c([2H])c6[2H])c([2H])c([2H])c54)c([2H])c([2H])c23)c([2H])c1[2H]. The fraction of sp³-hybridized carbons (Fsp3) is 0. The zero-order chi connectivity index (χ0) is 59.6. The molecule has 0 aliphatic heterocycles. The number of nitrogens with zero attached hydrogens (tertiary/aromatic N) is 2. The number of rotatable bonds is 4. The summed E-state index contributed by atoms with van der Waals surface area (Å²) in [4.78, 5) is 0. The Bertz CT molecular complexity index is 4820. The fourth-order valence-electron chi connectivity index (χ4n) is 6.15. The third kappa shape index (κ3) is 4.19. The van der Waals surface area contributed by atoms with E-state index in [1.54, 1.807) is 0 Å². The average Bonchev–Trinajstić information content (AvgIpc) is 3.87. The molecule has 238 valence electrons. The monoisotopic (exact) mass is 680 g/mol. The highest BCUT2D eigenvalue weighted by Crippen LogP contribution is 2.40. The molecule has 0 unspecified atom stereocenters. The van der Waals surface area contributed by atoms with Gasteiger partial charge in [-0.15, -0.1) is 0 Å². The summed E-state index contributed by atoms with van der Waals surface area (Å²) < 4.78 is 277. The first-order valence-corrected chi connectivity index (χ1v) is 15.0. The van der Waals surface area contributed by atoms with Gasteiger partial charge >= 0.3 is 0 Å². The molecule has 0 fully saturated rings. The lowest BCUT2D eigenvalue weighted by atomic mass is 10.0. The van der Waals surface area contributed by atoms with Crippen molar-refractivity contribution in [1.82, 2.24) is 9.13 Å². The topological polar surface area (TPSA) is 23.0 Å². The number of fused-ring (bicyclic) bond motifs is 9. The Labute approximate surface area is 336 Å². The number of aromatic nitrogens is 2. The van der Waals surface area contributed by atoms with Crippen LogP contribution in [0.2, 0.25) is 0 Å². The van der Waals surface area contributed by atoms with E-state index in [0.29, 0.717) is 0 Å². The van der Waals surface area contributed by atoms with Gasteiger partial charge in [-0.25, -0.2) is 0 Å². The largest absolute Gasteiger partial charge is 0.455 e. The number of benzene rings is 8. The van der Waals surface area contributed by atoms with Crippen LogP contribution in [0.5, 0.6) is 0 Å². The minimum atomic E-state index is -1.06. The Morgan fingerprint density at radius 3 is 1.57 bits per heavy atom. The molecule has 11 rings (SSSR count). The number of para-hydroxylation sites is 4. The molecule has 8 aromatic carbocycles. The molecular formula is C48H30N2O. The van der Waals surface area contributed by atoms with Crippen molar-refractivity contribution in [3.63, 3.8) is 0 Å². The molecule has 11 aromatic rings. The molecule has 0 saturated heterocycles. The van der Waals surface area contributed by atoms with Gasteiger partial charge in [0.15, 0.2) is 0 Å². The van der Waals surface area contributed by atoms with Crippen molar-refractivity contribution >= 4 is 65.6 Å². The summed E-state index contributed by atoms with van der Waals surface area (Å²) >= 11 is 0. The number of hydrogen-bond donors (Lipinski definition) is 0. The summed E-state index contributed by atoms with van der Waals surface area (Å²) in [6, 6.07) is -27.2. The summed E-state index contributed by atoms with van der Waals surface area (Å²) in [6.07, 6.45) is 0. The molecule has 3 heteroatoms. The molecule has 0 bridgehead atoms. The molecule has 0 spiro atoms. The Morgan fingerprint density at radius 2 is 0.902 bits per heavy atom. The van der Waals surface area contributed by atoms with Gasteiger partial charge in [-0.3, -0.25) is 0 Å². The predicted octanol–water partition coefficient (Wildman–Crippen LogP) is 13.1. The van der Waals surface area contributed by atoms with Crippen LogP contribution >= 0.6 is 0 Å². The maximum Gasteiger partial charge on any atom is 0.143 e. The van der Waals surface area contributed by atoms with E-state index in [-0.39, 0.29) is 0 Å². The van der Waals surface area contributed by atoms with Crippen molar-refractivity contribution < 1.29 is 45.5 Å². The van der Waals surface area contributed by atoms with Crippen LogP contribution < -0.4 is 0 Å². The third-order valence-electron chi connectivity index (χ3n) is 8.30. The van der Waals surface area contributed by atoms with Crippen molar-refractivity contribution in [2.75, 3.05) is 0 Å². The van der Waals surface area contributed by atoms with E-state index in [9.17, 15) is 15.1 Å². The second-order valence-corrected chi connectivity index (χ2v) is 11.0. The van der Waals surface area contributed by atoms with Gasteiger partial charge in [0.25, 0.3) is 0 Å². The molecule has 0 aliphatic rings. The third-order valence-corrected chi connectivity index (χ3v) is 8.30. The van der Waals surface area contributed by atoms with E-state index in [1.165, 1.54) is 0 Å². The van der Waals surface area contributed by atoms with Gasteiger partial charge in [-0.2, -0.15) is 0 Å². The standard InChI is InChI=1S/C48H30N2O/c1-3-12-31(13-4-1)36-18-11-19-40-39-25-24-35(30-47(39)51-48(36)40)50-44-21-10-8-17-38(44)42-29-33(23-27-46(42)50)32-22-26-45-41(28-32)37-16-7-9-20-43(37)49(45)34-14-5-2-6-15-34/h1-30H/i1D,2D,3D,4D,5D,6D,7D,8D,9D,10D,11D,12D,13D,14D,15D,16D,17D,18D,19D,20D,21D,22D,23D,24D,25D,26D,27D,28D,29D,30D. The summed E-state index contributed by atoms with van der Waals surface area (Å²) in [5.41, 5.74) is -8.41. The van der Waals surface area contributed by atoms with Crippen molar-refractivity contribution in [2.24, 2.45) is 0 Å². The van der Waals surface area contributed by atoms with E-state index in [2.05, 4.69) is 0 Å². The van der Waals surface area contributed by atoms with E-state index in [4.69, 9.17) is 30.5 Å². The van der Waals surface area contributed by atoms with Gasteiger partial charge in [0.1, 0.15) is 11.2 Å². The van der Waals surface area contributed by atoms with Crippen molar-refractivity contribution in [2.45, 2.75) is 0 Å². The minimum Gasteiger partial charge on any atom is -0.455 e. The zero-order valence-electron chi connectivity index (χ0n) is 55.3. The molecule has 0 aliphatic carbocycles. The van der Waals surface area contributed by atoms with Crippen LogP contribution in [0.25, 0.3) is 99.2 Å². The molecule has 3 heterocycles. The maximum absolute atomic E-state index is 9.89. The van der Waals surface area contributed by atoms with Gasteiger partial charge in [0.2, 0.25) is 0 Å². The zero-order valence-corrected chi connectivity index (χ0v) is 25.3. The lowest BCUT2D eigenvalue weighted by Crippen LogP contribution is -1.93. The molecular weight excluding hydrogens is 621 g/mol. The summed E-state index contributed by atoms with van der Waals surface area (Å²) in [5.74, 6) is 0. The van der Waals surface area contributed by atoms with E-state index in [0.717, 1.165) is 9.13 Å². The summed E-state index contributed by atoms with van der Waals surface area (Å²) in [5, 5.41) is -3.45. The van der Waals surface area contributed by atoms with Crippen LogP contribution in [0.15, 0.2) is 186 Å². The van der Waals surface area contributed by atoms with Gasteiger partial charge in [0, 0.05) is 55.3 Å². The Hall–Kier alpha value is -6.84. The summed E-state index contributed by atoms with van der Waals surface area (Å²) in [7, 11) is 0. The quantitative estimate of drug-likeness (QED) is 0.181. The molecule has 0 atom stereocenters. The smallest absolute Gasteiger partial charge is 0.143 e. The first kappa shape index (κ1) is 11.6. The average molecular weight is 681 g/mol. The lowest BCUT2D eigenvalue weighted by molar-refractivity contribution is 0.669. The fourth-order valence-corrected chi connectivity index (χ4v) is 6.15. The van der Waals surface area contributed by atoms with Crippen LogP contribution in [0.3, 0.4) is 0 Å². The number of furan rings is 1. The van der Waals surface area contributed by atoms with E-state index < -0.39 is 280 Å². The molecule has 51 heavy (non-hydrogen) atoms. The second-order valence-electron chi connectivity index (χ2n) is 11.0. The minimum absolute atomic E-state index is 0.502. The normalized spacial score (nSPS) is 20.2. The molecule has 3 aromatic heterocycles. The molecule has 0 N–H and O–H groups in total. The first-order valence-electron chi connectivity index (χ1n) is 30.0. The van der Waals surface area contributed by atoms with Crippen molar-refractivity contribution in [1.29, 1.82) is 0 Å². The van der Waals surface area contributed by atoms with E-state index in [1.807, 2.05) is 0 Å². The van der Waals surface area contributed by atoms with Crippen molar-refractivity contribution in [3.8, 4) is 33.6 Å². The van der Waals surface area contributed by atoms with Gasteiger partial charge in [0.05, 0.1) is 63.2 Å². The Kier molecular flexibility index (Phi) is 2.47. The van der Waals surface area contributed by atoms with Crippen LogP contribution in [0.1, 0.15) is 41.1 Å². The highest BCUT2D eigenvalue weighted by atomic mass is 16.3. The van der Waals surface area contributed by atoms with E-state index >= 15 is 0 Å². The van der Waals surface area contributed by atoms with Crippen LogP contribution in [0.4, 0.5) is 0 Å². The van der Waals surface area contributed by atoms with Crippen LogP contribution in [0, 0.1) is 0 Å². The Balaban J connectivity index is 1.31. The maximum atomic E-state index is 9.89. The predicted molar refractivity (Wildman–Crippen MR) is 213 cm³/mol. The highest BCUT2D eigenvalue weighted by molar-refractivity contribution is 6.14. The lowest BCUT2D eigenvalue weighted by Gasteiger charge is -2.09. The van der Waals surface area contributed by atoms with Gasteiger partial charge in [-0.05, 0) is 77.1 Å². The molecule has 3 nitrogen and oxygen atoms in total. The molecule has 0 radical (unpaired) electrons. The highest BCUT2D eigenvalue weighted by Gasteiger charge is 2.18. The molecule has 0 saturated carbocycles. The van der Waals surface area contributed by atoms with Crippen LogP contribution in [-0.4, -0.2) is 9.13 Å². The van der Waals surface area contributed by atoms with Gasteiger partial charge in [-0.1, -0.05) is 115 Å². The summed E-state index contributed by atoms with van der Waals surface area (Å²) in [6.45, 7) is 0. The van der Waals surface area contributed by atoms with Gasteiger partial charge < -0.3 is 13.6 Å². The number of hydrogen-bond acceptors (Lipinski definition) is 1. The second kappa shape index (κ2) is 10.8. The van der Waals surface area contributed by atoms with Crippen molar-refractivity contribution in [3.05, 3.63) is 181 Å². The van der Waals surface area contributed by atoms with Crippen LogP contribution in [-0.2, 0) is 0 Å². The molecule has 0 amide bonds. The first-order chi connectivity index (χ1) is 37.8. The Morgan fingerprint density at radius 1 is 0.353 bits per heavy atom.